The predicted molar refractivity (Wildman–Crippen MR) is 157 cm³/mol. The molecule has 1 aromatic heterocycles. The molecule has 2 heterocycles. The van der Waals surface area contributed by atoms with Gasteiger partial charge in [0.2, 0.25) is 0 Å². The first-order valence-corrected chi connectivity index (χ1v) is 13.7. The first-order valence-electron chi connectivity index (χ1n) is 13.3. The van der Waals surface area contributed by atoms with E-state index >= 15 is 0 Å². The van der Waals surface area contributed by atoms with E-state index < -0.39 is 5.79 Å². The van der Waals surface area contributed by atoms with Crippen molar-refractivity contribution in [3.8, 4) is 17.6 Å². The minimum Gasteiger partial charge on any atom is -0.490 e. The quantitative estimate of drug-likeness (QED) is 0.213. The molecule has 0 aliphatic carbocycles. The van der Waals surface area contributed by atoms with Crippen molar-refractivity contribution >= 4 is 39.7 Å². The van der Waals surface area contributed by atoms with Crippen LogP contribution in [0, 0.1) is 17.1 Å². The van der Waals surface area contributed by atoms with Crippen LogP contribution in [-0.2, 0) is 27.3 Å². The molecular formula is C32H29ClFN3O5. The Morgan fingerprint density at radius 1 is 1.19 bits per heavy atom. The summed E-state index contributed by atoms with van der Waals surface area (Å²) >= 11 is 6.50. The highest BCUT2D eigenvalue weighted by Crippen LogP contribution is 2.36. The third-order valence-electron chi connectivity index (χ3n) is 6.59. The molecule has 1 aliphatic rings. The number of carbonyl (C=O) groups is 1. The average Bonchev–Trinajstić information content (AvgIpc) is 3.30. The van der Waals surface area contributed by atoms with E-state index in [1.165, 1.54) is 25.3 Å². The number of rotatable bonds is 10. The van der Waals surface area contributed by atoms with Gasteiger partial charge in [-0.15, -0.1) is 0 Å². The minimum absolute atomic E-state index is 0.0414. The summed E-state index contributed by atoms with van der Waals surface area (Å²) in [5, 5.41) is 14.1. The number of halogens is 2. The SMILES string of the molecule is CC(=O)Cc1cc2c(Nc3ccc(OCc4cccc(F)c4)c(Cl)c3)c(C#N)cnc2cc1OC[C@@H]1COC(C)(C)O1. The Hall–Kier alpha value is -4.23. The van der Waals surface area contributed by atoms with Crippen LogP contribution in [0.15, 0.2) is 60.8 Å². The average molecular weight is 590 g/mol. The number of anilines is 2. The first-order chi connectivity index (χ1) is 20.1. The third kappa shape index (κ3) is 6.97. The molecular weight excluding hydrogens is 561 g/mol. The maximum Gasteiger partial charge on any atom is 0.163 e. The molecule has 1 atom stereocenters. The molecule has 1 saturated heterocycles. The monoisotopic (exact) mass is 589 g/mol. The first kappa shape index (κ1) is 29.3. The van der Waals surface area contributed by atoms with Gasteiger partial charge in [0, 0.05) is 35.3 Å². The number of aromatic nitrogens is 1. The number of nitriles is 1. The lowest BCUT2D eigenvalue weighted by Crippen LogP contribution is -2.25. The standard InChI is InChI=1S/C32H29ClFN3O5/c1-19(38)9-21-11-26-28(13-30(21)40-17-25-18-41-32(2,3)42-25)36-15-22(14-35)31(26)37-24-7-8-29(27(33)12-24)39-16-20-5-4-6-23(34)10-20/h4-8,10-13,15,25H,9,16-18H2,1-3H3,(H,36,37)/t25-/m1/s1. The van der Waals surface area contributed by atoms with Gasteiger partial charge in [0.25, 0.3) is 0 Å². The van der Waals surface area contributed by atoms with Gasteiger partial charge in [0.1, 0.15) is 48.5 Å². The number of ketones is 1. The molecule has 10 heteroatoms. The molecule has 1 fully saturated rings. The highest BCUT2D eigenvalue weighted by atomic mass is 35.5. The lowest BCUT2D eigenvalue weighted by molar-refractivity contribution is -0.141. The molecule has 0 amide bonds. The van der Waals surface area contributed by atoms with Crippen molar-refractivity contribution in [3.05, 3.63) is 88.3 Å². The molecule has 0 spiro atoms. The van der Waals surface area contributed by atoms with Crippen LogP contribution < -0.4 is 14.8 Å². The van der Waals surface area contributed by atoms with Crippen LogP contribution in [0.2, 0.25) is 5.02 Å². The molecule has 0 unspecified atom stereocenters. The number of fused-ring (bicyclic) bond motifs is 1. The van der Waals surface area contributed by atoms with Gasteiger partial charge in [-0.2, -0.15) is 5.26 Å². The molecule has 4 aromatic rings. The third-order valence-corrected chi connectivity index (χ3v) is 6.88. The number of Topliss-reactive ketones (excluding diaryl/α,β-unsaturated/α-hetero) is 1. The normalized spacial score (nSPS) is 15.8. The number of nitrogens with one attached hydrogen (secondary N) is 1. The highest BCUT2D eigenvalue weighted by molar-refractivity contribution is 6.32. The number of pyridine rings is 1. The van der Waals surface area contributed by atoms with Gasteiger partial charge in [-0.25, -0.2) is 4.39 Å². The lowest BCUT2D eigenvalue weighted by Gasteiger charge is -2.19. The number of hydrogen-bond donors (Lipinski definition) is 1. The Kier molecular flexibility index (Phi) is 8.59. The van der Waals surface area contributed by atoms with Crippen LogP contribution in [-0.4, -0.2) is 35.9 Å². The lowest BCUT2D eigenvalue weighted by atomic mass is 10.0. The number of carbonyl (C=O) groups excluding carboxylic acids is 1. The summed E-state index contributed by atoms with van der Waals surface area (Å²) in [4.78, 5) is 16.6. The Morgan fingerprint density at radius 2 is 2.02 bits per heavy atom. The molecule has 1 N–H and O–H groups in total. The van der Waals surface area contributed by atoms with Crippen molar-refractivity contribution in [1.82, 2.24) is 4.98 Å². The van der Waals surface area contributed by atoms with Gasteiger partial charge in [-0.1, -0.05) is 23.7 Å². The minimum atomic E-state index is -0.677. The second-order valence-electron chi connectivity index (χ2n) is 10.5. The fourth-order valence-electron chi connectivity index (χ4n) is 4.68. The molecule has 3 aromatic carbocycles. The number of hydrogen-bond acceptors (Lipinski definition) is 8. The van der Waals surface area contributed by atoms with E-state index in [0.717, 1.165) is 0 Å². The van der Waals surface area contributed by atoms with E-state index in [4.69, 9.17) is 30.5 Å². The fourth-order valence-corrected chi connectivity index (χ4v) is 4.92. The Balaban J connectivity index is 1.41. The summed E-state index contributed by atoms with van der Waals surface area (Å²) < 4.78 is 36.8. The Labute approximate surface area is 247 Å². The summed E-state index contributed by atoms with van der Waals surface area (Å²) in [6.07, 6.45) is 1.36. The topological polar surface area (TPSA) is 103 Å². The van der Waals surface area contributed by atoms with Crippen LogP contribution >= 0.6 is 11.6 Å². The van der Waals surface area contributed by atoms with Gasteiger partial charge in [-0.3, -0.25) is 9.78 Å². The van der Waals surface area contributed by atoms with Gasteiger partial charge in [-0.05, 0) is 62.7 Å². The molecule has 0 bridgehead atoms. The Morgan fingerprint density at radius 3 is 2.71 bits per heavy atom. The smallest absolute Gasteiger partial charge is 0.163 e. The van der Waals surface area contributed by atoms with Crippen molar-refractivity contribution < 1.29 is 28.1 Å². The zero-order valence-corrected chi connectivity index (χ0v) is 24.1. The van der Waals surface area contributed by atoms with Gasteiger partial charge in [0.15, 0.2) is 5.79 Å². The van der Waals surface area contributed by atoms with E-state index in [9.17, 15) is 14.4 Å². The molecule has 1 aliphatic heterocycles. The maximum absolute atomic E-state index is 13.5. The fraction of sp³-hybridized carbons (Fsp3) is 0.281. The van der Waals surface area contributed by atoms with Crippen LogP contribution in [0.3, 0.4) is 0 Å². The van der Waals surface area contributed by atoms with Crippen molar-refractivity contribution in [2.24, 2.45) is 0 Å². The van der Waals surface area contributed by atoms with Crippen LogP contribution in [0.4, 0.5) is 15.8 Å². The molecule has 0 radical (unpaired) electrons. The van der Waals surface area contributed by atoms with Crippen molar-refractivity contribution in [2.75, 3.05) is 18.5 Å². The number of nitrogens with zero attached hydrogens (tertiary/aromatic N) is 2. The van der Waals surface area contributed by atoms with Crippen molar-refractivity contribution in [3.63, 3.8) is 0 Å². The van der Waals surface area contributed by atoms with Crippen LogP contribution in [0.25, 0.3) is 10.9 Å². The van der Waals surface area contributed by atoms with Crippen molar-refractivity contribution in [1.29, 1.82) is 5.26 Å². The summed E-state index contributed by atoms with van der Waals surface area (Å²) in [6, 6.07) is 17.0. The van der Waals surface area contributed by atoms with E-state index in [2.05, 4.69) is 16.4 Å². The largest absolute Gasteiger partial charge is 0.490 e. The van der Waals surface area contributed by atoms with Crippen LogP contribution in [0.1, 0.15) is 37.5 Å². The highest BCUT2D eigenvalue weighted by Gasteiger charge is 2.33. The van der Waals surface area contributed by atoms with Gasteiger partial charge < -0.3 is 24.3 Å². The van der Waals surface area contributed by atoms with Gasteiger partial charge in [0.05, 0.1) is 28.4 Å². The second kappa shape index (κ2) is 12.3. The number of benzene rings is 3. The maximum atomic E-state index is 13.5. The van der Waals surface area contributed by atoms with E-state index in [1.54, 1.807) is 36.4 Å². The summed E-state index contributed by atoms with van der Waals surface area (Å²) in [5.74, 6) is -0.120. The molecule has 5 rings (SSSR count). The predicted octanol–water partition coefficient (Wildman–Crippen LogP) is 6.88. The van der Waals surface area contributed by atoms with E-state index in [1.807, 2.05) is 19.9 Å². The molecule has 42 heavy (non-hydrogen) atoms. The van der Waals surface area contributed by atoms with Crippen LogP contribution in [0.5, 0.6) is 11.5 Å². The second-order valence-corrected chi connectivity index (χ2v) is 10.9. The molecule has 216 valence electrons. The molecule has 0 saturated carbocycles. The van der Waals surface area contributed by atoms with Gasteiger partial charge >= 0.3 is 0 Å². The number of ether oxygens (including phenoxy) is 4. The summed E-state index contributed by atoms with van der Waals surface area (Å²) in [7, 11) is 0. The summed E-state index contributed by atoms with van der Waals surface area (Å²) in [6.45, 7) is 5.99. The van der Waals surface area contributed by atoms with E-state index in [-0.39, 0.29) is 37.3 Å². The molecule has 8 nitrogen and oxygen atoms in total. The Bertz CT molecular complexity index is 1690. The zero-order valence-electron chi connectivity index (χ0n) is 23.4. The summed E-state index contributed by atoms with van der Waals surface area (Å²) in [5.41, 5.74) is 3.34. The van der Waals surface area contributed by atoms with E-state index in [0.29, 0.717) is 62.1 Å². The van der Waals surface area contributed by atoms with Crippen molar-refractivity contribution in [2.45, 2.75) is 45.7 Å². The zero-order chi connectivity index (χ0) is 29.9.